The smallest absolute Gasteiger partial charge is 0.160 e. The van der Waals surface area contributed by atoms with Gasteiger partial charge in [-0.2, -0.15) is 0 Å². The minimum atomic E-state index is -0.311. The average Bonchev–Trinajstić information content (AvgIpc) is 2.55. The van der Waals surface area contributed by atoms with Crippen molar-refractivity contribution in [2.24, 2.45) is 5.84 Å². The lowest BCUT2D eigenvalue weighted by Crippen LogP contribution is -2.32. The highest BCUT2D eigenvalue weighted by Gasteiger charge is 2.21. The number of rotatable bonds is 3. The van der Waals surface area contributed by atoms with Gasteiger partial charge in [0.15, 0.2) is 5.82 Å². The fourth-order valence-electron chi connectivity index (χ4n) is 2.15. The molecule has 0 amide bonds. The normalized spacial score (nSPS) is 25.1. The zero-order valence-corrected chi connectivity index (χ0v) is 9.76. The summed E-state index contributed by atoms with van der Waals surface area (Å²) in [6.07, 6.45) is 8.10. The van der Waals surface area contributed by atoms with Gasteiger partial charge in [-0.3, -0.25) is 4.98 Å². The zero-order valence-electron chi connectivity index (χ0n) is 9.76. The number of hydrogen-bond acceptors (Lipinski definition) is 6. The van der Waals surface area contributed by atoms with Gasteiger partial charge in [-0.1, -0.05) is 19.3 Å². The Kier molecular flexibility index (Phi) is 4.11. The van der Waals surface area contributed by atoms with E-state index in [0.29, 0.717) is 11.6 Å². The highest BCUT2D eigenvalue weighted by Crippen LogP contribution is 2.21. The van der Waals surface area contributed by atoms with Gasteiger partial charge in [0.25, 0.3) is 0 Å². The van der Waals surface area contributed by atoms with Crippen molar-refractivity contribution in [1.82, 2.24) is 9.97 Å². The van der Waals surface area contributed by atoms with E-state index in [1.165, 1.54) is 6.42 Å². The number of hydrazine groups is 1. The van der Waals surface area contributed by atoms with Crippen LogP contribution in [-0.2, 0) is 0 Å². The first-order valence-corrected chi connectivity index (χ1v) is 6.03. The first-order chi connectivity index (χ1) is 8.29. The van der Waals surface area contributed by atoms with Gasteiger partial charge in [-0.15, -0.1) is 0 Å². The summed E-state index contributed by atoms with van der Waals surface area (Å²) in [6, 6.07) is 0.0554. The number of anilines is 2. The molecule has 0 aliphatic heterocycles. The molecule has 1 aliphatic rings. The molecule has 0 saturated heterocycles. The average molecular weight is 237 g/mol. The second-order valence-corrected chi connectivity index (χ2v) is 4.39. The van der Waals surface area contributed by atoms with Crippen LogP contribution in [0.25, 0.3) is 0 Å². The maximum Gasteiger partial charge on any atom is 0.160 e. The SMILES string of the molecule is NNc1cncc(NC2CCCCCC2O)n1. The lowest BCUT2D eigenvalue weighted by atomic mass is 10.1. The van der Waals surface area contributed by atoms with E-state index in [1.807, 2.05) is 0 Å². The van der Waals surface area contributed by atoms with E-state index < -0.39 is 0 Å². The van der Waals surface area contributed by atoms with Gasteiger partial charge in [0.05, 0.1) is 24.5 Å². The summed E-state index contributed by atoms with van der Waals surface area (Å²) in [5.41, 5.74) is 2.45. The summed E-state index contributed by atoms with van der Waals surface area (Å²) in [6.45, 7) is 0. The Labute approximate surface area is 101 Å². The van der Waals surface area contributed by atoms with Crippen LogP contribution in [0.15, 0.2) is 12.4 Å². The van der Waals surface area contributed by atoms with Gasteiger partial charge < -0.3 is 15.8 Å². The van der Waals surface area contributed by atoms with Crippen molar-refractivity contribution < 1.29 is 5.11 Å². The van der Waals surface area contributed by atoms with E-state index in [1.54, 1.807) is 12.4 Å². The molecule has 5 N–H and O–H groups in total. The third-order valence-electron chi connectivity index (χ3n) is 3.10. The van der Waals surface area contributed by atoms with E-state index in [2.05, 4.69) is 20.7 Å². The van der Waals surface area contributed by atoms with Crippen LogP contribution in [0.4, 0.5) is 11.6 Å². The molecular weight excluding hydrogens is 218 g/mol. The van der Waals surface area contributed by atoms with Crippen LogP contribution in [0.3, 0.4) is 0 Å². The molecule has 0 radical (unpaired) electrons. The molecule has 1 heterocycles. The van der Waals surface area contributed by atoms with Crippen molar-refractivity contribution in [1.29, 1.82) is 0 Å². The summed E-state index contributed by atoms with van der Waals surface area (Å²) < 4.78 is 0. The quantitative estimate of drug-likeness (QED) is 0.354. The molecule has 1 aromatic rings. The predicted octanol–water partition coefficient (Wildman–Crippen LogP) is 0.868. The van der Waals surface area contributed by atoms with E-state index in [-0.39, 0.29) is 12.1 Å². The van der Waals surface area contributed by atoms with Crippen LogP contribution in [0, 0.1) is 0 Å². The molecule has 0 spiro atoms. The maximum absolute atomic E-state index is 9.99. The number of aliphatic hydroxyl groups excluding tert-OH is 1. The summed E-state index contributed by atoms with van der Waals surface area (Å²) in [4.78, 5) is 8.25. The van der Waals surface area contributed by atoms with Crippen molar-refractivity contribution in [3.8, 4) is 0 Å². The molecule has 2 rings (SSSR count). The fourth-order valence-corrected chi connectivity index (χ4v) is 2.15. The van der Waals surface area contributed by atoms with Crippen LogP contribution in [0.2, 0.25) is 0 Å². The van der Waals surface area contributed by atoms with Gasteiger partial charge in [0.1, 0.15) is 5.82 Å². The third-order valence-corrected chi connectivity index (χ3v) is 3.10. The Bertz CT molecular complexity index is 359. The van der Waals surface area contributed by atoms with Crippen LogP contribution >= 0.6 is 0 Å². The number of hydrogen-bond donors (Lipinski definition) is 4. The number of aromatic nitrogens is 2. The molecule has 0 bridgehead atoms. The van der Waals surface area contributed by atoms with Crippen LogP contribution in [0.1, 0.15) is 32.1 Å². The fraction of sp³-hybridized carbons (Fsp3) is 0.636. The number of nitrogen functional groups attached to an aromatic ring is 1. The van der Waals surface area contributed by atoms with Crippen LogP contribution in [0.5, 0.6) is 0 Å². The number of nitrogens with one attached hydrogen (secondary N) is 2. The van der Waals surface area contributed by atoms with Crippen LogP contribution < -0.4 is 16.6 Å². The molecule has 1 fully saturated rings. The van der Waals surface area contributed by atoms with Gasteiger partial charge in [0, 0.05) is 0 Å². The Hall–Kier alpha value is -1.40. The van der Waals surface area contributed by atoms with Gasteiger partial charge in [0.2, 0.25) is 0 Å². The standard InChI is InChI=1S/C11H19N5O/c12-16-11-7-13-6-10(15-11)14-8-4-2-1-3-5-9(8)17/h6-9,17H,1-5,12H2,(H2,14,15,16). The maximum atomic E-state index is 9.99. The van der Waals surface area contributed by atoms with Gasteiger partial charge >= 0.3 is 0 Å². The molecule has 2 unspecified atom stereocenters. The number of nitrogens with zero attached hydrogens (tertiary/aromatic N) is 2. The Morgan fingerprint density at radius 3 is 2.76 bits per heavy atom. The van der Waals surface area contributed by atoms with E-state index in [4.69, 9.17) is 5.84 Å². The van der Waals surface area contributed by atoms with Crippen molar-refractivity contribution in [3.63, 3.8) is 0 Å². The summed E-state index contributed by atoms with van der Waals surface area (Å²) >= 11 is 0. The highest BCUT2D eigenvalue weighted by atomic mass is 16.3. The van der Waals surface area contributed by atoms with Crippen LogP contribution in [-0.4, -0.2) is 27.2 Å². The van der Waals surface area contributed by atoms with Crippen molar-refractivity contribution in [2.75, 3.05) is 10.7 Å². The molecule has 6 nitrogen and oxygen atoms in total. The molecule has 1 aromatic heterocycles. The molecule has 94 valence electrons. The van der Waals surface area contributed by atoms with Crippen molar-refractivity contribution >= 4 is 11.6 Å². The minimum absolute atomic E-state index is 0.0554. The lowest BCUT2D eigenvalue weighted by molar-refractivity contribution is 0.144. The molecule has 1 saturated carbocycles. The van der Waals surface area contributed by atoms with Crippen molar-refractivity contribution in [2.45, 2.75) is 44.2 Å². The van der Waals surface area contributed by atoms with E-state index >= 15 is 0 Å². The van der Waals surface area contributed by atoms with Gasteiger partial charge in [-0.25, -0.2) is 10.8 Å². The van der Waals surface area contributed by atoms with Crippen molar-refractivity contribution in [3.05, 3.63) is 12.4 Å². The molecule has 6 heteroatoms. The molecule has 17 heavy (non-hydrogen) atoms. The Morgan fingerprint density at radius 1 is 1.18 bits per heavy atom. The number of aliphatic hydroxyl groups is 1. The molecule has 2 atom stereocenters. The first-order valence-electron chi connectivity index (χ1n) is 6.03. The molecule has 1 aliphatic carbocycles. The Balaban J connectivity index is 2.02. The largest absolute Gasteiger partial charge is 0.391 e. The third kappa shape index (κ3) is 3.28. The monoisotopic (exact) mass is 237 g/mol. The Morgan fingerprint density at radius 2 is 1.94 bits per heavy atom. The summed E-state index contributed by atoms with van der Waals surface area (Å²) in [5, 5.41) is 13.2. The predicted molar refractivity (Wildman–Crippen MR) is 66.3 cm³/mol. The van der Waals surface area contributed by atoms with E-state index in [0.717, 1.165) is 25.7 Å². The molecular formula is C11H19N5O. The summed E-state index contributed by atoms with van der Waals surface area (Å²) in [5.74, 6) is 6.43. The molecule has 0 aromatic carbocycles. The second kappa shape index (κ2) is 5.79. The topological polar surface area (TPSA) is 96.1 Å². The number of nitrogens with two attached hydrogens (primary N) is 1. The highest BCUT2D eigenvalue weighted by molar-refractivity contribution is 5.41. The van der Waals surface area contributed by atoms with Gasteiger partial charge in [-0.05, 0) is 12.8 Å². The first kappa shape index (κ1) is 12.1. The zero-order chi connectivity index (χ0) is 12.1. The lowest BCUT2D eigenvalue weighted by Gasteiger charge is -2.22. The second-order valence-electron chi connectivity index (χ2n) is 4.39. The van der Waals surface area contributed by atoms with E-state index in [9.17, 15) is 5.11 Å². The minimum Gasteiger partial charge on any atom is -0.391 e. The summed E-state index contributed by atoms with van der Waals surface area (Å²) in [7, 11) is 0.